The van der Waals surface area contributed by atoms with Crippen LogP contribution >= 0.6 is 0 Å². The van der Waals surface area contributed by atoms with Crippen molar-refractivity contribution < 1.29 is 9.90 Å². The minimum atomic E-state index is -0.388. The summed E-state index contributed by atoms with van der Waals surface area (Å²) in [5.41, 5.74) is 7.12. The third-order valence-corrected chi connectivity index (χ3v) is 2.64. The highest BCUT2D eigenvalue weighted by Crippen LogP contribution is 2.08. The van der Waals surface area contributed by atoms with Crippen molar-refractivity contribution in [2.45, 2.75) is 26.0 Å². The summed E-state index contributed by atoms with van der Waals surface area (Å²) in [6.07, 6.45) is 0.194. The van der Waals surface area contributed by atoms with Crippen molar-refractivity contribution in [3.63, 3.8) is 0 Å². The Kier molecular flexibility index (Phi) is 5.12. The maximum absolute atomic E-state index is 12.0. The number of hydrogen-bond donors (Lipinski definition) is 2. The Bertz CT molecular complexity index is 377. The smallest absolute Gasteiger partial charge is 0.253 e. The van der Waals surface area contributed by atoms with E-state index < -0.39 is 0 Å². The van der Waals surface area contributed by atoms with E-state index in [1.165, 1.54) is 0 Å². The molecule has 1 unspecified atom stereocenters. The number of amides is 1. The predicted octanol–water partition coefficient (Wildman–Crippen LogP) is 0.988. The Hall–Kier alpha value is -1.39. The second-order valence-corrected chi connectivity index (χ2v) is 4.27. The van der Waals surface area contributed by atoms with Gasteiger partial charge < -0.3 is 15.7 Å². The summed E-state index contributed by atoms with van der Waals surface area (Å²) in [6.45, 7) is 2.69. The van der Waals surface area contributed by atoms with Crippen LogP contribution in [0.25, 0.3) is 0 Å². The van der Waals surface area contributed by atoms with Crippen LogP contribution in [0.4, 0.5) is 0 Å². The Balaban J connectivity index is 2.67. The number of hydrogen-bond acceptors (Lipinski definition) is 3. The third kappa shape index (κ3) is 4.17. The lowest BCUT2D eigenvalue weighted by atomic mass is 10.1. The Labute approximate surface area is 102 Å². The van der Waals surface area contributed by atoms with Crippen LogP contribution in [0, 0.1) is 0 Å². The van der Waals surface area contributed by atoms with Crippen LogP contribution in [0.5, 0.6) is 0 Å². The number of nitrogens with zero attached hydrogens (tertiary/aromatic N) is 1. The molecule has 1 atom stereocenters. The van der Waals surface area contributed by atoms with Gasteiger partial charge in [0, 0.05) is 25.7 Å². The van der Waals surface area contributed by atoms with Crippen LogP contribution in [-0.2, 0) is 6.54 Å². The zero-order valence-electron chi connectivity index (χ0n) is 10.4. The van der Waals surface area contributed by atoms with Gasteiger partial charge in [-0.1, -0.05) is 12.1 Å². The van der Waals surface area contributed by atoms with Gasteiger partial charge >= 0.3 is 0 Å². The normalized spacial score (nSPS) is 12.2. The highest BCUT2D eigenvalue weighted by molar-refractivity contribution is 5.94. The average molecular weight is 236 g/mol. The maximum atomic E-state index is 12.0. The van der Waals surface area contributed by atoms with E-state index in [0.29, 0.717) is 25.1 Å². The van der Waals surface area contributed by atoms with Gasteiger partial charge in [-0.3, -0.25) is 4.79 Å². The standard InChI is InChI=1S/C13H20N2O2/c1-10(16)6-7-15(2)13(17)12-5-3-4-11(8-12)9-14/h3-5,8,10,16H,6-7,9,14H2,1-2H3. The van der Waals surface area contributed by atoms with Crippen LogP contribution in [0.3, 0.4) is 0 Å². The van der Waals surface area contributed by atoms with Crippen LogP contribution in [0.15, 0.2) is 24.3 Å². The van der Waals surface area contributed by atoms with Crippen molar-refractivity contribution in [2.24, 2.45) is 5.73 Å². The molecule has 0 bridgehead atoms. The monoisotopic (exact) mass is 236 g/mol. The second kappa shape index (κ2) is 6.37. The molecule has 3 N–H and O–H groups in total. The molecule has 0 radical (unpaired) electrons. The van der Waals surface area contributed by atoms with E-state index in [9.17, 15) is 9.90 Å². The summed E-state index contributed by atoms with van der Waals surface area (Å²) in [5, 5.41) is 9.18. The van der Waals surface area contributed by atoms with Crippen molar-refractivity contribution in [2.75, 3.05) is 13.6 Å². The molecule has 0 saturated carbocycles. The molecule has 0 aliphatic carbocycles. The van der Waals surface area contributed by atoms with E-state index in [-0.39, 0.29) is 12.0 Å². The van der Waals surface area contributed by atoms with Crippen molar-refractivity contribution in [1.29, 1.82) is 0 Å². The highest BCUT2D eigenvalue weighted by Gasteiger charge is 2.12. The van der Waals surface area contributed by atoms with Gasteiger partial charge in [-0.05, 0) is 31.0 Å². The topological polar surface area (TPSA) is 66.6 Å². The molecule has 1 aromatic rings. The summed E-state index contributed by atoms with van der Waals surface area (Å²) < 4.78 is 0. The fraction of sp³-hybridized carbons (Fsp3) is 0.462. The van der Waals surface area contributed by atoms with E-state index in [4.69, 9.17) is 5.73 Å². The van der Waals surface area contributed by atoms with Crippen LogP contribution in [-0.4, -0.2) is 35.6 Å². The van der Waals surface area contributed by atoms with Gasteiger partial charge in [0.15, 0.2) is 0 Å². The van der Waals surface area contributed by atoms with Crippen LogP contribution < -0.4 is 5.73 Å². The number of aliphatic hydroxyl groups excluding tert-OH is 1. The minimum Gasteiger partial charge on any atom is -0.393 e. The average Bonchev–Trinajstić information content (AvgIpc) is 2.35. The number of rotatable bonds is 5. The molecule has 94 valence electrons. The lowest BCUT2D eigenvalue weighted by Gasteiger charge is -2.18. The molecule has 17 heavy (non-hydrogen) atoms. The number of nitrogens with two attached hydrogens (primary N) is 1. The van der Waals surface area contributed by atoms with Gasteiger partial charge in [-0.15, -0.1) is 0 Å². The Morgan fingerprint density at radius 1 is 1.53 bits per heavy atom. The molecular formula is C13H20N2O2. The molecule has 0 heterocycles. The number of benzene rings is 1. The van der Waals surface area contributed by atoms with E-state index >= 15 is 0 Å². The number of carbonyl (C=O) groups is 1. The van der Waals surface area contributed by atoms with Crippen molar-refractivity contribution in [3.05, 3.63) is 35.4 Å². The molecule has 0 aliphatic rings. The van der Waals surface area contributed by atoms with Crippen molar-refractivity contribution in [1.82, 2.24) is 4.90 Å². The fourth-order valence-electron chi connectivity index (χ4n) is 1.53. The van der Waals surface area contributed by atoms with Crippen molar-refractivity contribution in [3.8, 4) is 0 Å². The first kappa shape index (κ1) is 13.7. The van der Waals surface area contributed by atoms with Crippen LogP contribution in [0.1, 0.15) is 29.3 Å². The van der Waals surface area contributed by atoms with E-state index in [0.717, 1.165) is 5.56 Å². The zero-order chi connectivity index (χ0) is 12.8. The molecule has 1 amide bonds. The minimum absolute atomic E-state index is 0.0408. The quantitative estimate of drug-likeness (QED) is 0.801. The zero-order valence-corrected chi connectivity index (χ0v) is 10.4. The first-order valence-corrected chi connectivity index (χ1v) is 5.77. The molecule has 1 rings (SSSR count). The molecule has 0 aromatic heterocycles. The largest absolute Gasteiger partial charge is 0.393 e. The Morgan fingerprint density at radius 2 is 2.24 bits per heavy atom. The lowest BCUT2D eigenvalue weighted by molar-refractivity contribution is 0.0769. The third-order valence-electron chi connectivity index (χ3n) is 2.64. The van der Waals surface area contributed by atoms with E-state index in [1.54, 1.807) is 31.0 Å². The molecular weight excluding hydrogens is 216 g/mol. The first-order valence-electron chi connectivity index (χ1n) is 5.77. The van der Waals surface area contributed by atoms with E-state index in [2.05, 4.69) is 0 Å². The summed E-state index contributed by atoms with van der Waals surface area (Å²) >= 11 is 0. The van der Waals surface area contributed by atoms with Crippen molar-refractivity contribution >= 4 is 5.91 Å². The second-order valence-electron chi connectivity index (χ2n) is 4.27. The number of carbonyl (C=O) groups excluding carboxylic acids is 1. The summed E-state index contributed by atoms with van der Waals surface area (Å²) in [6, 6.07) is 7.31. The highest BCUT2D eigenvalue weighted by atomic mass is 16.3. The molecule has 0 fully saturated rings. The van der Waals surface area contributed by atoms with Gasteiger partial charge in [0.2, 0.25) is 0 Å². The summed E-state index contributed by atoms with van der Waals surface area (Å²) in [5.74, 6) is -0.0408. The Morgan fingerprint density at radius 3 is 2.82 bits per heavy atom. The van der Waals surface area contributed by atoms with Gasteiger partial charge in [0.1, 0.15) is 0 Å². The molecule has 4 nitrogen and oxygen atoms in total. The summed E-state index contributed by atoms with van der Waals surface area (Å²) in [7, 11) is 1.74. The van der Waals surface area contributed by atoms with E-state index in [1.807, 2.05) is 12.1 Å². The van der Waals surface area contributed by atoms with Gasteiger partial charge in [-0.25, -0.2) is 0 Å². The SMILES string of the molecule is CC(O)CCN(C)C(=O)c1cccc(CN)c1. The first-order chi connectivity index (χ1) is 8.04. The lowest BCUT2D eigenvalue weighted by Crippen LogP contribution is -2.29. The molecule has 0 saturated heterocycles. The molecule has 0 aliphatic heterocycles. The van der Waals surface area contributed by atoms with Gasteiger partial charge in [0.05, 0.1) is 6.10 Å². The molecule has 0 spiro atoms. The summed E-state index contributed by atoms with van der Waals surface area (Å²) in [4.78, 5) is 13.6. The predicted molar refractivity (Wildman–Crippen MR) is 67.6 cm³/mol. The molecule has 4 heteroatoms. The maximum Gasteiger partial charge on any atom is 0.253 e. The fourth-order valence-corrected chi connectivity index (χ4v) is 1.53. The van der Waals surface area contributed by atoms with Gasteiger partial charge in [-0.2, -0.15) is 0 Å². The number of aliphatic hydroxyl groups is 1. The van der Waals surface area contributed by atoms with Gasteiger partial charge in [0.25, 0.3) is 5.91 Å². The molecule has 1 aromatic carbocycles. The van der Waals surface area contributed by atoms with Crippen LogP contribution in [0.2, 0.25) is 0 Å².